The van der Waals surface area contributed by atoms with Crippen molar-refractivity contribution in [3.05, 3.63) is 65.1 Å². The second-order valence-electron chi connectivity index (χ2n) is 4.47. The van der Waals surface area contributed by atoms with E-state index >= 15 is 0 Å². The van der Waals surface area contributed by atoms with Crippen LogP contribution in [-0.4, -0.2) is 26.3 Å². The van der Waals surface area contributed by atoms with Gasteiger partial charge in [-0.3, -0.25) is 9.78 Å². The van der Waals surface area contributed by atoms with Gasteiger partial charge in [-0.25, -0.2) is 4.68 Å². The molecule has 0 aliphatic rings. The van der Waals surface area contributed by atoms with Crippen LogP contribution in [0.1, 0.15) is 16.1 Å². The van der Waals surface area contributed by atoms with Crippen molar-refractivity contribution in [2.75, 3.05) is 0 Å². The Hall–Kier alpha value is -2.53. The Morgan fingerprint density at radius 1 is 1.24 bits per heavy atom. The van der Waals surface area contributed by atoms with E-state index in [-0.39, 0.29) is 0 Å². The first-order chi connectivity index (χ1) is 10.3. The highest BCUT2D eigenvalue weighted by Gasteiger charge is 2.14. The smallest absolute Gasteiger partial charge is 0.172 e. The summed E-state index contributed by atoms with van der Waals surface area (Å²) in [5, 5.41) is 8.63. The molecule has 0 amide bonds. The van der Waals surface area contributed by atoms with Gasteiger partial charge in [-0.05, 0) is 29.8 Å². The van der Waals surface area contributed by atoms with Crippen LogP contribution in [0.3, 0.4) is 0 Å². The zero-order chi connectivity index (χ0) is 14.7. The Morgan fingerprint density at radius 3 is 2.86 bits per heavy atom. The van der Waals surface area contributed by atoms with Crippen molar-refractivity contribution in [2.24, 2.45) is 0 Å². The third kappa shape index (κ3) is 2.83. The molecule has 0 saturated heterocycles. The lowest BCUT2D eigenvalue weighted by molar-refractivity contribution is 0.111. The molecule has 0 atom stereocenters. The molecule has 0 saturated carbocycles. The van der Waals surface area contributed by atoms with E-state index in [2.05, 4.69) is 15.3 Å². The topological polar surface area (TPSA) is 60.7 Å². The molecule has 3 aromatic rings. The fourth-order valence-corrected chi connectivity index (χ4v) is 2.34. The van der Waals surface area contributed by atoms with Gasteiger partial charge in [0.25, 0.3) is 0 Å². The molecule has 0 aliphatic carbocycles. The van der Waals surface area contributed by atoms with Crippen molar-refractivity contribution >= 4 is 17.9 Å². The number of benzene rings is 1. The summed E-state index contributed by atoms with van der Waals surface area (Å²) in [5.74, 6) is 0. The van der Waals surface area contributed by atoms with Gasteiger partial charge in [-0.2, -0.15) is 0 Å². The highest BCUT2D eigenvalue weighted by Crippen LogP contribution is 2.21. The van der Waals surface area contributed by atoms with Crippen LogP contribution in [-0.2, 0) is 6.54 Å². The number of hydrogen-bond donors (Lipinski definition) is 0. The molecule has 2 aromatic heterocycles. The van der Waals surface area contributed by atoms with Gasteiger partial charge in [-0.1, -0.05) is 28.9 Å². The second kappa shape index (κ2) is 5.85. The molecule has 0 spiro atoms. The Morgan fingerprint density at radius 2 is 2.14 bits per heavy atom. The van der Waals surface area contributed by atoms with Crippen LogP contribution < -0.4 is 0 Å². The van der Waals surface area contributed by atoms with Gasteiger partial charge in [0.1, 0.15) is 5.69 Å². The highest BCUT2D eigenvalue weighted by atomic mass is 35.5. The number of hydrogen-bond acceptors (Lipinski definition) is 4. The minimum Gasteiger partial charge on any atom is -0.296 e. The highest BCUT2D eigenvalue weighted by molar-refractivity contribution is 6.30. The van der Waals surface area contributed by atoms with Gasteiger partial charge in [0.15, 0.2) is 12.0 Å². The molecule has 0 radical (unpaired) electrons. The first-order valence-electron chi connectivity index (χ1n) is 6.31. The monoisotopic (exact) mass is 298 g/mol. The molecular formula is C15H11ClN4O. The van der Waals surface area contributed by atoms with Gasteiger partial charge < -0.3 is 0 Å². The number of aromatic nitrogens is 4. The Kier molecular flexibility index (Phi) is 3.75. The molecule has 1 aromatic carbocycles. The molecule has 0 aliphatic heterocycles. The maximum atomic E-state index is 11.2. The van der Waals surface area contributed by atoms with Crippen LogP contribution in [0.4, 0.5) is 0 Å². The van der Waals surface area contributed by atoms with Crippen LogP contribution >= 0.6 is 11.6 Å². The first-order valence-corrected chi connectivity index (χ1v) is 6.69. The quantitative estimate of drug-likeness (QED) is 0.695. The number of rotatable bonds is 4. The largest absolute Gasteiger partial charge is 0.296 e. The number of nitrogens with zero attached hydrogens (tertiary/aromatic N) is 4. The predicted molar refractivity (Wildman–Crippen MR) is 79.2 cm³/mol. The summed E-state index contributed by atoms with van der Waals surface area (Å²) in [6, 6.07) is 11.2. The summed E-state index contributed by atoms with van der Waals surface area (Å²) in [4.78, 5) is 15.2. The summed E-state index contributed by atoms with van der Waals surface area (Å²) in [6.07, 6.45) is 4.05. The Labute approximate surface area is 126 Å². The van der Waals surface area contributed by atoms with Crippen molar-refractivity contribution in [3.63, 3.8) is 0 Å². The summed E-state index contributed by atoms with van der Waals surface area (Å²) in [5.41, 5.74) is 2.73. The van der Waals surface area contributed by atoms with Crippen molar-refractivity contribution in [1.82, 2.24) is 20.0 Å². The standard InChI is InChI=1S/C15H11ClN4O/c16-13-5-1-3-11(7-13)9-20-15(14(10-21)18-19-20)12-4-2-6-17-8-12/h1-8,10H,9H2. The molecule has 6 heteroatoms. The van der Waals surface area contributed by atoms with Gasteiger partial charge >= 0.3 is 0 Å². The number of pyridine rings is 1. The van der Waals surface area contributed by atoms with E-state index in [1.165, 1.54) is 0 Å². The minimum absolute atomic E-state index is 0.296. The van der Waals surface area contributed by atoms with E-state index in [0.717, 1.165) is 11.1 Å². The van der Waals surface area contributed by atoms with Crippen molar-refractivity contribution in [1.29, 1.82) is 0 Å². The van der Waals surface area contributed by atoms with Crippen molar-refractivity contribution in [3.8, 4) is 11.3 Å². The number of halogens is 1. The zero-order valence-corrected chi connectivity index (χ0v) is 11.7. The van der Waals surface area contributed by atoms with E-state index in [1.807, 2.05) is 30.3 Å². The molecule has 0 N–H and O–H groups in total. The summed E-state index contributed by atoms with van der Waals surface area (Å²) >= 11 is 5.99. The molecule has 0 bridgehead atoms. The van der Waals surface area contributed by atoms with Crippen molar-refractivity contribution in [2.45, 2.75) is 6.54 Å². The van der Waals surface area contributed by atoms with Gasteiger partial charge in [0.2, 0.25) is 0 Å². The molecule has 21 heavy (non-hydrogen) atoms. The number of carbonyl (C=O) groups excluding carboxylic acids is 1. The lowest BCUT2D eigenvalue weighted by atomic mass is 10.1. The van der Waals surface area contributed by atoms with Gasteiger partial charge in [0.05, 0.1) is 6.54 Å². The average molecular weight is 299 g/mol. The molecule has 5 nitrogen and oxygen atoms in total. The van der Waals surface area contributed by atoms with E-state index in [4.69, 9.17) is 11.6 Å². The SMILES string of the molecule is O=Cc1nnn(Cc2cccc(Cl)c2)c1-c1cccnc1. The second-order valence-corrected chi connectivity index (χ2v) is 4.91. The van der Waals surface area contributed by atoms with Gasteiger partial charge in [0, 0.05) is 23.0 Å². The number of carbonyl (C=O) groups is 1. The summed E-state index contributed by atoms with van der Waals surface area (Å²) < 4.78 is 1.67. The molecule has 2 heterocycles. The van der Waals surface area contributed by atoms with Crippen LogP contribution in [0.5, 0.6) is 0 Å². The predicted octanol–water partition coefficient (Wildman–Crippen LogP) is 2.85. The fourth-order valence-electron chi connectivity index (χ4n) is 2.12. The van der Waals surface area contributed by atoms with Crippen LogP contribution in [0.15, 0.2) is 48.8 Å². The number of aldehydes is 1. The lowest BCUT2D eigenvalue weighted by Gasteiger charge is -2.07. The molecule has 0 fully saturated rings. The van der Waals surface area contributed by atoms with Crippen molar-refractivity contribution < 1.29 is 4.79 Å². The molecule has 3 rings (SSSR count). The van der Waals surface area contributed by atoms with E-state index in [0.29, 0.717) is 29.2 Å². The van der Waals surface area contributed by atoms with Gasteiger partial charge in [-0.15, -0.1) is 5.10 Å². The maximum absolute atomic E-state index is 11.2. The molecule has 0 unspecified atom stereocenters. The van der Waals surface area contributed by atoms with E-state index in [1.54, 1.807) is 23.1 Å². The third-order valence-corrected chi connectivity index (χ3v) is 3.26. The Balaban J connectivity index is 2.04. The zero-order valence-electron chi connectivity index (χ0n) is 11.0. The summed E-state index contributed by atoms with van der Waals surface area (Å²) in [6.45, 7) is 0.478. The first kappa shape index (κ1) is 13.5. The van der Waals surface area contributed by atoms with Crippen LogP contribution in [0.2, 0.25) is 5.02 Å². The van der Waals surface area contributed by atoms with Crippen LogP contribution in [0, 0.1) is 0 Å². The third-order valence-electron chi connectivity index (χ3n) is 3.03. The molecule has 104 valence electrons. The average Bonchev–Trinajstić information content (AvgIpc) is 2.91. The normalized spacial score (nSPS) is 10.5. The molecular weight excluding hydrogens is 288 g/mol. The van der Waals surface area contributed by atoms with E-state index in [9.17, 15) is 4.79 Å². The minimum atomic E-state index is 0.296. The van der Waals surface area contributed by atoms with Crippen LogP contribution in [0.25, 0.3) is 11.3 Å². The Bertz CT molecular complexity index is 770. The summed E-state index contributed by atoms with van der Waals surface area (Å²) in [7, 11) is 0. The van der Waals surface area contributed by atoms with E-state index < -0.39 is 0 Å². The fraction of sp³-hybridized carbons (Fsp3) is 0.0667. The maximum Gasteiger partial charge on any atom is 0.172 e. The lowest BCUT2D eigenvalue weighted by Crippen LogP contribution is -2.04.